The number of ether oxygens (including phenoxy) is 1. The van der Waals surface area contributed by atoms with Crippen molar-refractivity contribution in [3.63, 3.8) is 0 Å². The molecular formula is C21H19FN5O6S+. The summed E-state index contributed by atoms with van der Waals surface area (Å²) in [6, 6.07) is 6.61. The van der Waals surface area contributed by atoms with Gasteiger partial charge in [-0.05, 0) is 42.3 Å². The van der Waals surface area contributed by atoms with Crippen molar-refractivity contribution in [2.75, 3.05) is 7.05 Å². The van der Waals surface area contributed by atoms with Crippen LogP contribution in [-0.4, -0.2) is 35.8 Å². The SMILES string of the molecule is CNS(=O)(=O)[N+](=O)C1NC=CC(Cc2c(C)c3ccc(Oc4ncccn4)cc3oc2=O)=C1F. The maximum atomic E-state index is 15.0. The van der Waals surface area contributed by atoms with Gasteiger partial charge in [-0.1, -0.05) is 0 Å². The van der Waals surface area contributed by atoms with Gasteiger partial charge in [0.1, 0.15) is 11.3 Å². The standard InChI is InChI=1S/C21H19FN5O6S/c1-12-15-5-4-14(32-21-25-7-3-8-26-21)11-17(15)33-20(28)16(12)10-13-6-9-24-19(18(13)22)27(29)34(30,31)23-2/h3-9,11,19,23-24H,10H2,1-2H3/q+1. The highest BCUT2D eigenvalue weighted by Gasteiger charge is 2.42. The largest absolute Gasteiger partial charge is 0.486 e. The lowest BCUT2D eigenvalue weighted by Gasteiger charge is -2.15. The number of hydrogen-bond acceptors (Lipinski definition) is 9. The zero-order valence-corrected chi connectivity index (χ0v) is 18.8. The minimum atomic E-state index is -4.44. The van der Waals surface area contributed by atoms with Crippen LogP contribution in [0.5, 0.6) is 11.8 Å². The second kappa shape index (κ2) is 9.11. The number of halogens is 1. The third-order valence-corrected chi connectivity index (χ3v) is 6.37. The molecule has 34 heavy (non-hydrogen) atoms. The van der Waals surface area contributed by atoms with E-state index in [1.54, 1.807) is 25.1 Å². The van der Waals surface area contributed by atoms with Crippen molar-refractivity contribution in [1.82, 2.24) is 20.0 Å². The summed E-state index contributed by atoms with van der Waals surface area (Å²) < 4.78 is 51.0. The first kappa shape index (κ1) is 23.2. The molecule has 2 aromatic heterocycles. The van der Waals surface area contributed by atoms with Gasteiger partial charge in [-0.15, -0.1) is 8.42 Å². The number of nitrogens with one attached hydrogen (secondary N) is 2. The van der Waals surface area contributed by atoms with Crippen molar-refractivity contribution in [2.24, 2.45) is 0 Å². The molecule has 0 spiro atoms. The van der Waals surface area contributed by atoms with Crippen LogP contribution in [0.15, 0.2) is 69.5 Å². The number of rotatable bonds is 7. The number of aromatic nitrogens is 2. The van der Waals surface area contributed by atoms with Gasteiger partial charge < -0.3 is 14.5 Å². The number of hydrogen-bond donors (Lipinski definition) is 2. The lowest BCUT2D eigenvalue weighted by molar-refractivity contribution is -0.436. The molecule has 1 aromatic carbocycles. The molecular weight excluding hydrogens is 469 g/mol. The average molecular weight is 488 g/mol. The molecule has 1 unspecified atom stereocenters. The number of nitrogens with zero attached hydrogens (tertiary/aromatic N) is 3. The Hall–Kier alpha value is -3.97. The lowest BCUT2D eigenvalue weighted by Crippen LogP contribution is -2.45. The second-order valence-corrected chi connectivity index (χ2v) is 8.92. The predicted octanol–water partition coefficient (Wildman–Crippen LogP) is 2.14. The zero-order chi connectivity index (χ0) is 24.5. The summed E-state index contributed by atoms with van der Waals surface area (Å²) in [6.07, 6.45) is 3.60. The molecule has 2 N–H and O–H groups in total. The molecule has 0 amide bonds. The fourth-order valence-electron chi connectivity index (χ4n) is 3.37. The molecule has 0 radical (unpaired) electrons. The molecule has 0 fully saturated rings. The highest BCUT2D eigenvalue weighted by molar-refractivity contribution is 7.83. The first-order valence-electron chi connectivity index (χ1n) is 9.93. The highest BCUT2D eigenvalue weighted by Crippen LogP contribution is 2.28. The molecule has 176 valence electrons. The summed E-state index contributed by atoms with van der Waals surface area (Å²) in [5.41, 5.74) is 0.213. The monoisotopic (exact) mass is 488 g/mol. The lowest BCUT2D eigenvalue weighted by atomic mass is 9.98. The predicted molar refractivity (Wildman–Crippen MR) is 119 cm³/mol. The summed E-state index contributed by atoms with van der Waals surface area (Å²) in [4.78, 5) is 32.8. The van der Waals surface area contributed by atoms with Crippen LogP contribution in [0.2, 0.25) is 0 Å². The summed E-state index contributed by atoms with van der Waals surface area (Å²) in [5.74, 6) is -0.671. The number of fused-ring (bicyclic) bond motifs is 1. The van der Waals surface area contributed by atoms with Crippen molar-refractivity contribution in [3.05, 3.63) is 86.8 Å². The van der Waals surface area contributed by atoms with Gasteiger partial charge in [0, 0.05) is 54.0 Å². The summed E-state index contributed by atoms with van der Waals surface area (Å²) >= 11 is 0. The Morgan fingerprint density at radius 3 is 2.74 bits per heavy atom. The Balaban J connectivity index is 1.67. The smallest absolute Gasteiger partial charge is 0.424 e. The van der Waals surface area contributed by atoms with E-state index in [0.717, 1.165) is 7.05 Å². The second-order valence-electron chi connectivity index (χ2n) is 7.20. The molecule has 4 rings (SSSR count). The maximum absolute atomic E-state index is 15.0. The van der Waals surface area contributed by atoms with Crippen LogP contribution in [0.25, 0.3) is 11.0 Å². The Morgan fingerprint density at radius 1 is 1.29 bits per heavy atom. The normalized spacial score (nSPS) is 15.9. The molecule has 3 aromatic rings. The first-order chi connectivity index (χ1) is 16.2. The van der Waals surface area contributed by atoms with E-state index in [9.17, 15) is 18.1 Å². The third kappa shape index (κ3) is 4.43. The van der Waals surface area contributed by atoms with Crippen molar-refractivity contribution in [2.45, 2.75) is 19.5 Å². The quantitative estimate of drug-likeness (QED) is 0.377. The summed E-state index contributed by atoms with van der Waals surface area (Å²) in [6.45, 7) is 1.68. The van der Waals surface area contributed by atoms with Crippen LogP contribution in [0.3, 0.4) is 0 Å². The van der Waals surface area contributed by atoms with Crippen LogP contribution in [0.4, 0.5) is 4.39 Å². The molecule has 1 atom stereocenters. The minimum Gasteiger partial charge on any atom is -0.424 e. The van der Waals surface area contributed by atoms with E-state index >= 15 is 4.39 Å². The third-order valence-electron chi connectivity index (χ3n) is 5.17. The van der Waals surface area contributed by atoms with E-state index in [-0.39, 0.29) is 29.2 Å². The van der Waals surface area contributed by atoms with Crippen molar-refractivity contribution in [3.8, 4) is 11.8 Å². The summed E-state index contributed by atoms with van der Waals surface area (Å²) in [5, 5.41) is 2.96. The molecule has 1 aliphatic rings. The van der Waals surface area contributed by atoms with Gasteiger partial charge in [-0.3, -0.25) is 0 Å². The Kier molecular flexibility index (Phi) is 6.22. The number of allylic oxidation sites excluding steroid dienone is 2. The molecule has 1 aliphatic heterocycles. The fraction of sp³-hybridized carbons (Fsp3) is 0.190. The molecule has 3 heterocycles. The van der Waals surface area contributed by atoms with Gasteiger partial charge in [-0.2, -0.15) is 4.72 Å². The van der Waals surface area contributed by atoms with Gasteiger partial charge in [0.2, 0.25) is 0 Å². The number of dihydropyridines is 1. The van der Waals surface area contributed by atoms with Crippen molar-refractivity contribution in [1.29, 1.82) is 0 Å². The first-order valence-corrected chi connectivity index (χ1v) is 11.4. The van der Waals surface area contributed by atoms with Crippen molar-refractivity contribution < 1.29 is 26.1 Å². The molecule has 0 bridgehead atoms. The van der Waals surface area contributed by atoms with E-state index in [0.29, 0.717) is 16.7 Å². The number of benzene rings is 1. The van der Waals surface area contributed by atoms with E-state index < -0.39 is 32.0 Å². The topological polar surface area (TPSA) is 144 Å². The zero-order valence-electron chi connectivity index (χ0n) is 18.0. The van der Waals surface area contributed by atoms with Gasteiger partial charge in [-0.25, -0.2) is 19.2 Å². The van der Waals surface area contributed by atoms with Crippen LogP contribution < -0.4 is 20.4 Å². The molecule has 0 saturated heterocycles. The molecule has 13 heteroatoms. The van der Waals surface area contributed by atoms with E-state index in [1.165, 1.54) is 30.7 Å². The maximum Gasteiger partial charge on any atom is 0.486 e. The van der Waals surface area contributed by atoms with Crippen LogP contribution in [0, 0.1) is 11.8 Å². The average Bonchev–Trinajstić information content (AvgIpc) is 2.82. The van der Waals surface area contributed by atoms with Gasteiger partial charge in [0.25, 0.3) is 0 Å². The van der Waals surface area contributed by atoms with Crippen molar-refractivity contribution >= 4 is 21.2 Å². The van der Waals surface area contributed by atoms with E-state index in [1.807, 2.05) is 4.72 Å². The minimum absolute atomic E-state index is 0.0353. The van der Waals surface area contributed by atoms with E-state index in [4.69, 9.17) is 9.15 Å². The van der Waals surface area contributed by atoms with Crippen LogP contribution in [-0.2, 0) is 16.6 Å². The van der Waals surface area contributed by atoms with Gasteiger partial charge in [0.15, 0.2) is 9.99 Å². The Labute approximate surface area is 192 Å². The van der Waals surface area contributed by atoms with Crippen LogP contribution in [0.1, 0.15) is 11.1 Å². The highest BCUT2D eigenvalue weighted by atomic mass is 32.2. The number of aryl methyl sites for hydroxylation is 1. The molecule has 0 aliphatic carbocycles. The Morgan fingerprint density at radius 2 is 2.03 bits per heavy atom. The molecule has 0 saturated carbocycles. The van der Waals surface area contributed by atoms with Gasteiger partial charge in [0.05, 0.1) is 0 Å². The Bertz CT molecular complexity index is 1500. The van der Waals surface area contributed by atoms with Crippen LogP contribution >= 0.6 is 0 Å². The molecule has 11 nitrogen and oxygen atoms in total. The van der Waals surface area contributed by atoms with Gasteiger partial charge >= 0.3 is 28.0 Å². The summed E-state index contributed by atoms with van der Waals surface area (Å²) in [7, 11) is -3.41. The van der Waals surface area contributed by atoms with E-state index in [2.05, 4.69) is 15.3 Å². The number of nitroso groups, excluding NO2 is 1. The fourth-order valence-corrected chi connectivity index (χ4v) is 3.98.